The van der Waals surface area contributed by atoms with E-state index in [0.717, 1.165) is 15.9 Å². The highest BCUT2D eigenvalue weighted by atomic mass is 79.9. The van der Waals surface area contributed by atoms with E-state index in [9.17, 15) is 0 Å². The van der Waals surface area contributed by atoms with E-state index in [1.54, 1.807) is 0 Å². The molecule has 0 aliphatic rings. The molecule has 1 aromatic rings. The van der Waals surface area contributed by atoms with Crippen LogP contribution in [0.25, 0.3) is 0 Å². The minimum absolute atomic E-state index is 0.298. The molecule has 0 fully saturated rings. The Balaban J connectivity index is 2.71. The third kappa shape index (κ3) is 4.61. The molecule has 0 heterocycles. The zero-order valence-electron chi connectivity index (χ0n) is 10.8. The summed E-state index contributed by atoms with van der Waals surface area (Å²) in [6.45, 7) is 6.62. The maximum atomic E-state index is 6.26. The van der Waals surface area contributed by atoms with Crippen molar-refractivity contribution in [3.63, 3.8) is 0 Å². The minimum Gasteiger partial charge on any atom is -0.307 e. The van der Waals surface area contributed by atoms with Crippen molar-refractivity contribution in [2.75, 3.05) is 0 Å². The molecule has 1 rings (SSSR count). The SMILES string of the molecule is CCCC(CC)NC(C)c1ccc(Br)cc1Cl. The molecule has 2 atom stereocenters. The fourth-order valence-corrected chi connectivity index (χ4v) is 2.89. The Hall–Kier alpha value is -0.0500. The topological polar surface area (TPSA) is 12.0 Å². The Labute approximate surface area is 118 Å². The lowest BCUT2D eigenvalue weighted by atomic mass is 10.0. The molecule has 0 aromatic heterocycles. The van der Waals surface area contributed by atoms with Crippen molar-refractivity contribution in [2.45, 2.75) is 52.1 Å². The first-order valence-corrected chi connectivity index (χ1v) is 7.46. The van der Waals surface area contributed by atoms with Crippen molar-refractivity contribution < 1.29 is 0 Å². The maximum Gasteiger partial charge on any atom is 0.0464 e. The van der Waals surface area contributed by atoms with Crippen LogP contribution in [-0.4, -0.2) is 6.04 Å². The van der Waals surface area contributed by atoms with E-state index in [2.05, 4.69) is 48.1 Å². The van der Waals surface area contributed by atoms with Gasteiger partial charge in [0, 0.05) is 21.6 Å². The van der Waals surface area contributed by atoms with E-state index in [-0.39, 0.29) is 0 Å². The summed E-state index contributed by atoms with van der Waals surface area (Å²) in [6.07, 6.45) is 3.59. The second-order valence-corrected chi connectivity index (χ2v) is 5.77. The summed E-state index contributed by atoms with van der Waals surface area (Å²) in [6, 6.07) is 6.96. The van der Waals surface area contributed by atoms with Crippen molar-refractivity contribution in [1.29, 1.82) is 0 Å². The number of nitrogens with one attached hydrogen (secondary N) is 1. The summed E-state index contributed by atoms with van der Waals surface area (Å²) in [5, 5.41) is 4.47. The largest absolute Gasteiger partial charge is 0.307 e. The summed E-state index contributed by atoms with van der Waals surface area (Å²) in [7, 11) is 0. The fraction of sp³-hybridized carbons (Fsp3) is 0.571. The van der Waals surface area contributed by atoms with Crippen molar-refractivity contribution in [1.82, 2.24) is 5.32 Å². The van der Waals surface area contributed by atoms with Gasteiger partial charge in [-0.3, -0.25) is 0 Å². The number of rotatable bonds is 6. The normalized spacial score (nSPS) is 14.6. The molecule has 3 heteroatoms. The monoisotopic (exact) mass is 317 g/mol. The van der Waals surface area contributed by atoms with Gasteiger partial charge < -0.3 is 5.32 Å². The molecule has 0 amide bonds. The standard InChI is InChI=1S/C14H21BrClN/c1-4-6-12(5-2)17-10(3)13-8-7-11(15)9-14(13)16/h7-10,12,17H,4-6H2,1-3H3. The van der Waals surface area contributed by atoms with E-state index < -0.39 is 0 Å². The van der Waals surface area contributed by atoms with Gasteiger partial charge in [-0.1, -0.05) is 53.9 Å². The van der Waals surface area contributed by atoms with Gasteiger partial charge in [-0.15, -0.1) is 0 Å². The molecule has 2 unspecified atom stereocenters. The van der Waals surface area contributed by atoms with Crippen molar-refractivity contribution in [3.8, 4) is 0 Å². The summed E-state index contributed by atoms with van der Waals surface area (Å²) < 4.78 is 1.03. The second-order valence-electron chi connectivity index (χ2n) is 4.45. The van der Waals surface area contributed by atoms with Crippen LogP contribution in [0, 0.1) is 0 Å². The van der Waals surface area contributed by atoms with E-state index in [0.29, 0.717) is 12.1 Å². The summed E-state index contributed by atoms with van der Waals surface area (Å²) >= 11 is 9.69. The molecule has 0 spiro atoms. The van der Waals surface area contributed by atoms with E-state index in [1.807, 2.05) is 12.1 Å². The van der Waals surface area contributed by atoms with Crippen LogP contribution in [0.5, 0.6) is 0 Å². The summed E-state index contributed by atoms with van der Waals surface area (Å²) in [5.74, 6) is 0. The van der Waals surface area contributed by atoms with Crippen LogP contribution in [0.3, 0.4) is 0 Å². The van der Waals surface area contributed by atoms with Gasteiger partial charge in [0.05, 0.1) is 0 Å². The van der Waals surface area contributed by atoms with Gasteiger partial charge in [-0.25, -0.2) is 0 Å². The lowest BCUT2D eigenvalue weighted by Gasteiger charge is -2.23. The Bertz CT molecular complexity index is 354. The average Bonchev–Trinajstić information content (AvgIpc) is 2.28. The average molecular weight is 319 g/mol. The first kappa shape index (κ1) is 15.0. The van der Waals surface area contributed by atoms with Crippen LogP contribution < -0.4 is 5.32 Å². The zero-order valence-corrected chi connectivity index (χ0v) is 13.1. The molecular formula is C14H21BrClN. The molecule has 96 valence electrons. The molecule has 17 heavy (non-hydrogen) atoms. The number of hydrogen-bond acceptors (Lipinski definition) is 1. The Morgan fingerprint density at radius 1 is 1.35 bits per heavy atom. The highest BCUT2D eigenvalue weighted by Crippen LogP contribution is 2.27. The van der Waals surface area contributed by atoms with Gasteiger partial charge in [-0.2, -0.15) is 0 Å². The smallest absolute Gasteiger partial charge is 0.0464 e. The summed E-state index contributed by atoms with van der Waals surface area (Å²) in [4.78, 5) is 0. The zero-order chi connectivity index (χ0) is 12.8. The molecule has 0 saturated carbocycles. The Morgan fingerprint density at radius 2 is 2.06 bits per heavy atom. The summed E-state index contributed by atoms with van der Waals surface area (Å²) in [5.41, 5.74) is 1.17. The molecule has 1 aromatic carbocycles. The lowest BCUT2D eigenvalue weighted by molar-refractivity contribution is 0.417. The van der Waals surface area contributed by atoms with Gasteiger partial charge in [-0.05, 0) is 37.5 Å². The van der Waals surface area contributed by atoms with E-state index in [1.165, 1.54) is 18.4 Å². The third-order valence-corrected chi connectivity index (χ3v) is 3.87. The second kappa shape index (κ2) is 7.40. The van der Waals surface area contributed by atoms with Gasteiger partial charge >= 0.3 is 0 Å². The van der Waals surface area contributed by atoms with Crippen LogP contribution >= 0.6 is 27.5 Å². The molecule has 0 aliphatic carbocycles. The van der Waals surface area contributed by atoms with Crippen LogP contribution in [-0.2, 0) is 0 Å². The van der Waals surface area contributed by atoms with Crippen LogP contribution in [0.15, 0.2) is 22.7 Å². The molecule has 1 N–H and O–H groups in total. The van der Waals surface area contributed by atoms with E-state index >= 15 is 0 Å². The fourth-order valence-electron chi connectivity index (χ4n) is 2.05. The van der Waals surface area contributed by atoms with Gasteiger partial charge in [0.2, 0.25) is 0 Å². The minimum atomic E-state index is 0.298. The molecule has 0 aliphatic heterocycles. The Morgan fingerprint density at radius 3 is 2.59 bits per heavy atom. The molecule has 1 nitrogen and oxygen atoms in total. The van der Waals surface area contributed by atoms with Crippen molar-refractivity contribution >= 4 is 27.5 Å². The predicted molar refractivity (Wildman–Crippen MR) is 79.7 cm³/mol. The Kier molecular flexibility index (Phi) is 6.53. The van der Waals surface area contributed by atoms with Gasteiger partial charge in [0.15, 0.2) is 0 Å². The highest BCUT2D eigenvalue weighted by Gasteiger charge is 2.13. The first-order chi connectivity index (χ1) is 8.08. The van der Waals surface area contributed by atoms with Gasteiger partial charge in [0.1, 0.15) is 0 Å². The third-order valence-electron chi connectivity index (χ3n) is 3.04. The van der Waals surface area contributed by atoms with Crippen LogP contribution in [0.4, 0.5) is 0 Å². The number of hydrogen-bond donors (Lipinski definition) is 1. The van der Waals surface area contributed by atoms with Crippen molar-refractivity contribution in [3.05, 3.63) is 33.3 Å². The van der Waals surface area contributed by atoms with Crippen molar-refractivity contribution in [2.24, 2.45) is 0 Å². The molecular weight excluding hydrogens is 298 g/mol. The van der Waals surface area contributed by atoms with Crippen LogP contribution in [0.2, 0.25) is 5.02 Å². The quantitative estimate of drug-likeness (QED) is 0.747. The molecule has 0 saturated heterocycles. The molecule has 0 bridgehead atoms. The van der Waals surface area contributed by atoms with E-state index in [4.69, 9.17) is 11.6 Å². The predicted octanol–water partition coefficient (Wildman–Crippen LogP) is 5.33. The number of benzene rings is 1. The highest BCUT2D eigenvalue weighted by molar-refractivity contribution is 9.10. The van der Waals surface area contributed by atoms with Gasteiger partial charge in [0.25, 0.3) is 0 Å². The lowest BCUT2D eigenvalue weighted by Crippen LogP contribution is -2.31. The molecule has 0 radical (unpaired) electrons. The number of halogens is 2. The van der Waals surface area contributed by atoms with Crippen LogP contribution in [0.1, 0.15) is 51.6 Å². The first-order valence-electron chi connectivity index (χ1n) is 6.29. The maximum absolute atomic E-state index is 6.26.